The molecule has 0 aliphatic carbocycles. The first kappa shape index (κ1) is 14.5. The molecule has 2 atom stereocenters. The van der Waals surface area contributed by atoms with Crippen LogP contribution in [0.3, 0.4) is 0 Å². The molecule has 1 amide bonds. The van der Waals surface area contributed by atoms with Gasteiger partial charge in [0.15, 0.2) is 0 Å². The van der Waals surface area contributed by atoms with Gasteiger partial charge in [-0.3, -0.25) is 4.79 Å². The summed E-state index contributed by atoms with van der Waals surface area (Å²) >= 11 is 1.59. The Morgan fingerprint density at radius 3 is 2.95 bits per heavy atom. The Morgan fingerprint density at radius 1 is 1.48 bits per heavy atom. The van der Waals surface area contributed by atoms with Gasteiger partial charge >= 0.3 is 0 Å². The number of benzene rings is 1. The molecule has 1 saturated heterocycles. The van der Waals surface area contributed by atoms with Crippen LogP contribution in [0, 0.1) is 6.92 Å². The van der Waals surface area contributed by atoms with E-state index in [0.717, 1.165) is 29.8 Å². The average molecular weight is 303 g/mol. The summed E-state index contributed by atoms with van der Waals surface area (Å²) in [7, 11) is 0. The lowest BCUT2D eigenvalue weighted by Crippen LogP contribution is -2.37. The summed E-state index contributed by atoms with van der Waals surface area (Å²) < 4.78 is 1.17. The summed E-state index contributed by atoms with van der Waals surface area (Å²) in [6.07, 6.45) is 2.36. The van der Waals surface area contributed by atoms with Gasteiger partial charge in [-0.2, -0.15) is 0 Å². The fourth-order valence-corrected chi connectivity index (χ4v) is 4.42. The monoisotopic (exact) mass is 303 g/mol. The topological polar surface area (TPSA) is 40.5 Å². The van der Waals surface area contributed by atoms with Gasteiger partial charge in [0, 0.05) is 17.3 Å². The molecule has 0 bridgehead atoms. The average Bonchev–Trinajstić information content (AvgIpc) is 3.03. The highest BCUT2D eigenvalue weighted by Crippen LogP contribution is 2.33. The molecule has 1 aromatic carbocycles. The van der Waals surface area contributed by atoms with Gasteiger partial charge in [-0.05, 0) is 50.1 Å². The first-order valence-corrected chi connectivity index (χ1v) is 8.36. The number of aliphatic hydroxyl groups excluding tert-OH is 1. The second kappa shape index (κ2) is 5.78. The number of hydrogen-bond donors (Lipinski definition) is 1. The molecule has 3 rings (SSSR count). The van der Waals surface area contributed by atoms with Crippen LogP contribution in [0.4, 0.5) is 0 Å². The molecule has 1 fully saturated rings. The van der Waals surface area contributed by atoms with E-state index in [1.807, 2.05) is 24.0 Å². The third-order valence-electron chi connectivity index (χ3n) is 4.29. The van der Waals surface area contributed by atoms with E-state index >= 15 is 0 Å². The van der Waals surface area contributed by atoms with E-state index in [2.05, 4.69) is 12.1 Å². The maximum atomic E-state index is 12.9. The Hall–Kier alpha value is -1.39. The zero-order chi connectivity index (χ0) is 15.0. The predicted octanol–water partition coefficient (Wildman–Crippen LogP) is 3.59. The molecule has 1 aliphatic heterocycles. The number of fused-ring (bicyclic) bond motifs is 1. The molecule has 0 spiro atoms. The van der Waals surface area contributed by atoms with Crippen molar-refractivity contribution in [3.05, 3.63) is 34.7 Å². The predicted molar refractivity (Wildman–Crippen MR) is 86.9 cm³/mol. The Kier molecular flexibility index (Phi) is 4.00. The lowest BCUT2D eigenvalue weighted by atomic mass is 10.1. The van der Waals surface area contributed by atoms with Crippen LogP contribution in [-0.4, -0.2) is 34.6 Å². The van der Waals surface area contributed by atoms with Crippen LogP contribution in [0.5, 0.6) is 0 Å². The van der Waals surface area contributed by atoms with E-state index in [9.17, 15) is 9.90 Å². The van der Waals surface area contributed by atoms with E-state index in [1.54, 1.807) is 18.3 Å². The summed E-state index contributed by atoms with van der Waals surface area (Å²) in [6, 6.07) is 8.36. The van der Waals surface area contributed by atoms with Crippen LogP contribution < -0.4 is 0 Å². The SMILES string of the molecule is Cc1c(C(=O)N2CCCC2CC(C)O)sc2ccccc12. The third-order valence-corrected chi connectivity index (χ3v) is 5.55. The highest BCUT2D eigenvalue weighted by atomic mass is 32.1. The largest absolute Gasteiger partial charge is 0.393 e. The lowest BCUT2D eigenvalue weighted by Gasteiger charge is -2.25. The van der Waals surface area contributed by atoms with Crippen molar-refractivity contribution in [2.75, 3.05) is 6.54 Å². The van der Waals surface area contributed by atoms with Crippen molar-refractivity contribution in [3.63, 3.8) is 0 Å². The van der Waals surface area contributed by atoms with E-state index in [4.69, 9.17) is 0 Å². The van der Waals surface area contributed by atoms with E-state index < -0.39 is 0 Å². The number of likely N-dealkylation sites (tertiary alicyclic amines) is 1. The van der Waals surface area contributed by atoms with Crippen LogP contribution in [0.2, 0.25) is 0 Å². The fraction of sp³-hybridized carbons (Fsp3) is 0.471. The number of rotatable bonds is 3. The molecule has 0 saturated carbocycles. The molecule has 4 heteroatoms. The van der Waals surface area contributed by atoms with Gasteiger partial charge in [0.1, 0.15) is 0 Å². The normalized spacial score (nSPS) is 20.1. The van der Waals surface area contributed by atoms with Crippen molar-refractivity contribution in [2.45, 2.75) is 45.3 Å². The molecule has 1 aromatic heterocycles. The zero-order valence-corrected chi connectivity index (χ0v) is 13.3. The van der Waals surface area contributed by atoms with Gasteiger partial charge < -0.3 is 10.0 Å². The third kappa shape index (κ3) is 2.70. The molecular formula is C17H21NO2S. The van der Waals surface area contributed by atoms with E-state index in [-0.39, 0.29) is 18.1 Å². The molecule has 21 heavy (non-hydrogen) atoms. The van der Waals surface area contributed by atoms with Crippen molar-refractivity contribution in [1.82, 2.24) is 4.90 Å². The fourth-order valence-electron chi connectivity index (χ4n) is 3.25. The highest BCUT2D eigenvalue weighted by molar-refractivity contribution is 7.21. The smallest absolute Gasteiger partial charge is 0.264 e. The second-order valence-corrected chi connectivity index (χ2v) is 6.98. The lowest BCUT2D eigenvalue weighted by molar-refractivity contribution is 0.0686. The van der Waals surface area contributed by atoms with Crippen molar-refractivity contribution in [2.24, 2.45) is 0 Å². The van der Waals surface area contributed by atoms with Gasteiger partial charge in [-0.15, -0.1) is 11.3 Å². The van der Waals surface area contributed by atoms with Gasteiger partial charge in [0.05, 0.1) is 11.0 Å². The maximum Gasteiger partial charge on any atom is 0.264 e. The first-order valence-electron chi connectivity index (χ1n) is 7.55. The molecule has 0 radical (unpaired) electrons. The number of aryl methyl sites for hydroxylation is 1. The maximum absolute atomic E-state index is 12.9. The molecule has 1 aliphatic rings. The first-order chi connectivity index (χ1) is 10.1. The minimum Gasteiger partial charge on any atom is -0.393 e. The number of thiophene rings is 1. The van der Waals surface area contributed by atoms with Gasteiger partial charge in [-0.25, -0.2) is 0 Å². The highest BCUT2D eigenvalue weighted by Gasteiger charge is 2.31. The van der Waals surface area contributed by atoms with Crippen LogP contribution in [0.25, 0.3) is 10.1 Å². The summed E-state index contributed by atoms with van der Waals surface area (Å²) in [5.74, 6) is 0.136. The van der Waals surface area contributed by atoms with Gasteiger partial charge in [-0.1, -0.05) is 18.2 Å². The molecular weight excluding hydrogens is 282 g/mol. The number of hydrogen-bond acceptors (Lipinski definition) is 3. The molecule has 3 nitrogen and oxygen atoms in total. The Balaban J connectivity index is 1.91. The van der Waals surface area contributed by atoms with Crippen molar-refractivity contribution < 1.29 is 9.90 Å². The molecule has 2 unspecified atom stereocenters. The molecule has 2 heterocycles. The van der Waals surface area contributed by atoms with Crippen LogP contribution >= 0.6 is 11.3 Å². The van der Waals surface area contributed by atoms with Crippen LogP contribution in [0.1, 0.15) is 41.4 Å². The summed E-state index contributed by atoms with van der Waals surface area (Å²) in [6.45, 7) is 4.64. The van der Waals surface area contributed by atoms with Gasteiger partial charge in [0.25, 0.3) is 5.91 Å². The van der Waals surface area contributed by atoms with Crippen LogP contribution in [0.15, 0.2) is 24.3 Å². The number of nitrogens with zero attached hydrogens (tertiary/aromatic N) is 1. The zero-order valence-electron chi connectivity index (χ0n) is 12.5. The van der Waals surface area contributed by atoms with Crippen molar-refractivity contribution in [1.29, 1.82) is 0 Å². The molecule has 2 aromatic rings. The number of amides is 1. The summed E-state index contributed by atoms with van der Waals surface area (Å²) in [4.78, 5) is 15.7. The van der Waals surface area contributed by atoms with Crippen LogP contribution in [-0.2, 0) is 0 Å². The molecule has 112 valence electrons. The number of carbonyl (C=O) groups is 1. The summed E-state index contributed by atoms with van der Waals surface area (Å²) in [5, 5.41) is 10.8. The second-order valence-electron chi connectivity index (χ2n) is 5.93. The number of carbonyl (C=O) groups excluding carboxylic acids is 1. The minimum absolute atomic E-state index is 0.136. The Bertz CT molecular complexity index is 662. The Labute approximate surface area is 129 Å². The molecule has 1 N–H and O–H groups in total. The number of aliphatic hydroxyl groups is 1. The van der Waals surface area contributed by atoms with Crippen molar-refractivity contribution >= 4 is 27.3 Å². The minimum atomic E-state index is -0.355. The van der Waals surface area contributed by atoms with Gasteiger partial charge in [0.2, 0.25) is 0 Å². The van der Waals surface area contributed by atoms with E-state index in [0.29, 0.717) is 6.42 Å². The van der Waals surface area contributed by atoms with Crippen molar-refractivity contribution in [3.8, 4) is 0 Å². The summed E-state index contributed by atoms with van der Waals surface area (Å²) in [5.41, 5.74) is 1.09. The van der Waals surface area contributed by atoms with E-state index in [1.165, 1.54) is 10.1 Å². The quantitative estimate of drug-likeness (QED) is 0.941. The standard InChI is InChI=1S/C17H21NO2S/c1-11(19)10-13-6-5-9-18(13)17(20)16-12(2)14-7-3-4-8-15(14)21-16/h3-4,7-8,11,13,19H,5-6,9-10H2,1-2H3. The Morgan fingerprint density at radius 2 is 2.24 bits per heavy atom.